The fourth-order valence-corrected chi connectivity index (χ4v) is 7.57. The summed E-state index contributed by atoms with van der Waals surface area (Å²) < 4.78 is 12.7. The molecule has 3 heteroatoms. The summed E-state index contributed by atoms with van der Waals surface area (Å²) in [4.78, 5) is 11.8. The van der Waals surface area contributed by atoms with Crippen molar-refractivity contribution < 1.29 is 14.3 Å². The van der Waals surface area contributed by atoms with Crippen molar-refractivity contribution in [1.82, 2.24) is 0 Å². The van der Waals surface area contributed by atoms with Crippen molar-refractivity contribution in [2.24, 2.45) is 10.8 Å². The Hall–Kier alpha value is -1.35. The lowest BCUT2D eigenvalue weighted by Gasteiger charge is -2.48. The molecule has 7 rings (SSSR count). The van der Waals surface area contributed by atoms with Gasteiger partial charge in [-0.1, -0.05) is 43.5 Å². The molecule has 132 valence electrons. The average molecular weight is 338 g/mol. The van der Waals surface area contributed by atoms with Gasteiger partial charge in [-0.15, -0.1) is 0 Å². The Kier molecular flexibility index (Phi) is 2.65. The first-order valence-corrected chi connectivity index (χ1v) is 10.0. The SMILES string of the molecule is CC(=O)OC1C[C@@]23O[C@H]4C[C@]2(CC12CCCCC2)[C@@H]3c1ccccc14. The summed E-state index contributed by atoms with van der Waals surface area (Å²) in [6.07, 6.45) is 9.96. The molecule has 1 unspecified atom stereocenters. The molecule has 2 heterocycles. The highest BCUT2D eigenvalue weighted by Gasteiger charge is 2.87. The van der Waals surface area contributed by atoms with Crippen LogP contribution in [0.1, 0.15) is 81.4 Å². The van der Waals surface area contributed by atoms with Crippen LogP contribution in [-0.4, -0.2) is 17.7 Å². The van der Waals surface area contributed by atoms with Crippen molar-refractivity contribution in [3.05, 3.63) is 35.4 Å². The van der Waals surface area contributed by atoms with Gasteiger partial charge in [0.2, 0.25) is 0 Å². The van der Waals surface area contributed by atoms with Gasteiger partial charge in [0.25, 0.3) is 0 Å². The summed E-state index contributed by atoms with van der Waals surface area (Å²) >= 11 is 0. The maximum Gasteiger partial charge on any atom is 0.302 e. The van der Waals surface area contributed by atoms with E-state index in [0.29, 0.717) is 11.3 Å². The van der Waals surface area contributed by atoms with Crippen molar-refractivity contribution in [1.29, 1.82) is 0 Å². The van der Waals surface area contributed by atoms with Crippen molar-refractivity contribution >= 4 is 5.97 Å². The quantitative estimate of drug-likeness (QED) is 0.699. The number of hydrogen-bond donors (Lipinski definition) is 0. The highest BCUT2D eigenvalue weighted by atomic mass is 16.6. The van der Waals surface area contributed by atoms with Crippen LogP contribution in [0.15, 0.2) is 24.3 Å². The summed E-state index contributed by atoms with van der Waals surface area (Å²) in [7, 11) is 0. The lowest BCUT2D eigenvalue weighted by atomic mass is 9.59. The molecular weight excluding hydrogens is 312 g/mol. The largest absolute Gasteiger partial charge is 0.462 e. The van der Waals surface area contributed by atoms with Gasteiger partial charge in [-0.2, -0.15) is 0 Å². The number of hydrogen-bond acceptors (Lipinski definition) is 3. The van der Waals surface area contributed by atoms with Crippen molar-refractivity contribution in [3.8, 4) is 0 Å². The monoisotopic (exact) mass is 338 g/mol. The summed E-state index contributed by atoms with van der Waals surface area (Å²) in [5, 5.41) is 0. The van der Waals surface area contributed by atoms with E-state index in [2.05, 4.69) is 24.3 Å². The molecule has 4 fully saturated rings. The molecule has 1 saturated heterocycles. The topological polar surface area (TPSA) is 35.5 Å². The average Bonchev–Trinajstić information content (AvgIpc) is 3.04. The van der Waals surface area contributed by atoms with E-state index in [-0.39, 0.29) is 29.2 Å². The normalized spacial score (nSPS) is 44.8. The fraction of sp³-hybridized carbons (Fsp3) is 0.682. The van der Waals surface area contributed by atoms with Gasteiger partial charge in [-0.05, 0) is 36.8 Å². The number of ether oxygens (including phenoxy) is 2. The molecule has 4 aliphatic carbocycles. The molecule has 3 nitrogen and oxygen atoms in total. The molecule has 0 amide bonds. The molecule has 1 aromatic rings. The molecule has 3 saturated carbocycles. The number of carbonyl (C=O) groups is 1. The zero-order valence-corrected chi connectivity index (χ0v) is 14.9. The van der Waals surface area contributed by atoms with Crippen LogP contribution in [0, 0.1) is 10.8 Å². The minimum Gasteiger partial charge on any atom is -0.462 e. The van der Waals surface area contributed by atoms with E-state index in [0.717, 1.165) is 6.42 Å². The first kappa shape index (κ1) is 14.8. The number of benzene rings is 1. The molecule has 1 aromatic carbocycles. The van der Waals surface area contributed by atoms with E-state index in [1.807, 2.05) is 0 Å². The molecule has 25 heavy (non-hydrogen) atoms. The van der Waals surface area contributed by atoms with E-state index in [1.165, 1.54) is 56.1 Å². The zero-order chi connectivity index (χ0) is 16.9. The summed E-state index contributed by atoms with van der Waals surface area (Å²) in [5.74, 6) is 0.406. The maximum atomic E-state index is 11.8. The number of esters is 1. The van der Waals surface area contributed by atoms with Gasteiger partial charge >= 0.3 is 5.97 Å². The van der Waals surface area contributed by atoms with Crippen molar-refractivity contribution in [2.45, 2.75) is 82.0 Å². The molecule has 3 spiro atoms. The molecule has 6 aliphatic rings. The second-order valence-electron chi connectivity index (χ2n) is 9.32. The van der Waals surface area contributed by atoms with Crippen LogP contribution in [-0.2, 0) is 14.3 Å². The van der Waals surface area contributed by atoms with E-state index in [9.17, 15) is 4.79 Å². The lowest BCUT2D eigenvalue weighted by Crippen LogP contribution is -2.48. The molecule has 0 radical (unpaired) electrons. The number of carbonyl (C=O) groups excluding carboxylic acids is 1. The minimum absolute atomic E-state index is 0.0468. The maximum absolute atomic E-state index is 11.8. The first-order valence-electron chi connectivity index (χ1n) is 10.0. The van der Waals surface area contributed by atoms with E-state index >= 15 is 0 Å². The standard InChI is InChI=1S/C22H26O3/c1-14(23)24-18-12-22-19-16-8-4-3-7-15(16)17(25-22)11-21(19,22)13-20(18)9-5-2-6-10-20/h3-4,7-8,17-19H,2,5-6,9-13H2,1H3/t17-,18?,19-,21-,22-/m0/s1. The zero-order valence-electron chi connectivity index (χ0n) is 14.9. The molecule has 5 atom stereocenters. The van der Waals surface area contributed by atoms with Gasteiger partial charge < -0.3 is 9.47 Å². The predicted molar refractivity (Wildman–Crippen MR) is 93.1 cm³/mol. The predicted octanol–water partition coefficient (Wildman–Crippen LogP) is 4.66. The Balaban J connectivity index is 1.44. The van der Waals surface area contributed by atoms with Crippen LogP contribution in [0.2, 0.25) is 0 Å². The van der Waals surface area contributed by atoms with E-state index in [1.54, 1.807) is 6.92 Å². The Labute approximate surface area is 149 Å². The van der Waals surface area contributed by atoms with Crippen LogP contribution in [0.3, 0.4) is 0 Å². The Morgan fingerprint density at radius 3 is 2.64 bits per heavy atom. The van der Waals surface area contributed by atoms with Crippen LogP contribution in [0.25, 0.3) is 0 Å². The van der Waals surface area contributed by atoms with Gasteiger partial charge in [0.1, 0.15) is 6.10 Å². The third kappa shape index (κ3) is 1.60. The molecule has 0 N–H and O–H groups in total. The Bertz CT molecular complexity index is 764. The van der Waals surface area contributed by atoms with E-state index in [4.69, 9.17) is 9.47 Å². The van der Waals surface area contributed by atoms with Gasteiger partial charge in [0, 0.05) is 30.1 Å². The van der Waals surface area contributed by atoms with Crippen LogP contribution in [0.4, 0.5) is 0 Å². The van der Waals surface area contributed by atoms with E-state index < -0.39 is 0 Å². The second-order valence-corrected chi connectivity index (χ2v) is 9.32. The van der Waals surface area contributed by atoms with Crippen molar-refractivity contribution in [3.63, 3.8) is 0 Å². The molecule has 2 aliphatic heterocycles. The molecule has 0 aromatic heterocycles. The van der Waals surface area contributed by atoms with Gasteiger partial charge in [0.05, 0.1) is 11.7 Å². The van der Waals surface area contributed by atoms with Crippen LogP contribution in [0.5, 0.6) is 0 Å². The highest BCUT2D eigenvalue weighted by Crippen LogP contribution is 2.88. The Morgan fingerprint density at radius 2 is 1.88 bits per heavy atom. The second kappa shape index (κ2) is 4.49. The van der Waals surface area contributed by atoms with Gasteiger partial charge in [-0.25, -0.2) is 0 Å². The Morgan fingerprint density at radius 1 is 1.12 bits per heavy atom. The minimum atomic E-state index is -0.122. The third-order valence-electron chi connectivity index (χ3n) is 8.33. The van der Waals surface area contributed by atoms with Crippen LogP contribution >= 0.6 is 0 Å². The first-order chi connectivity index (χ1) is 12.1. The summed E-state index contributed by atoms with van der Waals surface area (Å²) in [6.45, 7) is 1.57. The lowest BCUT2D eigenvalue weighted by molar-refractivity contribution is -0.169. The third-order valence-corrected chi connectivity index (χ3v) is 8.33. The number of rotatable bonds is 1. The van der Waals surface area contributed by atoms with Crippen LogP contribution < -0.4 is 0 Å². The summed E-state index contributed by atoms with van der Waals surface area (Å²) in [5.41, 5.74) is 3.42. The summed E-state index contributed by atoms with van der Waals surface area (Å²) in [6, 6.07) is 8.90. The molecule has 4 bridgehead atoms. The smallest absolute Gasteiger partial charge is 0.302 e. The highest BCUT2D eigenvalue weighted by molar-refractivity contribution is 5.66. The van der Waals surface area contributed by atoms with Gasteiger partial charge in [0.15, 0.2) is 0 Å². The fourth-order valence-electron chi connectivity index (χ4n) is 7.57. The van der Waals surface area contributed by atoms with Crippen molar-refractivity contribution in [2.75, 3.05) is 0 Å². The van der Waals surface area contributed by atoms with Gasteiger partial charge in [-0.3, -0.25) is 4.79 Å². The molecular formula is C22H26O3.